The number of halogens is 2. The second kappa shape index (κ2) is 5.53. The highest BCUT2D eigenvalue weighted by Crippen LogP contribution is 2.22. The highest BCUT2D eigenvalue weighted by Gasteiger charge is 1.98. The molecule has 0 spiro atoms. The molecule has 0 fully saturated rings. The van der Waals surface area contributed by atoms with E-state index in [2.05, 4.69) is 0 Å². The van der Waals surface area contributed by atoms with Crippen LogP contribution in [0.25, 0.3) is 0 Å². The van der Waals surface area contributed by atoms with E-state index in [0.717, 1.165) is 4.90 Å². The van der Waals surface area contributed by atoms with Crippen molar-refractivity contribution in [3.63, 3.8) is 0 Å². The average molecular weight is 235 g/mol. The molecule has 0 saturated carbocycles. The summed E-state index contributed by atoms with van der Waals surface area (Å²) in [6.07, 6.45) is 0.388. The molecular formula is C9H8Cl2OS. The molecule has 1 rings (SSSR count). The highest BCUT2D eigenvalue weighted by molar-refractivity contribution is 7.99. The highest BCUT2D eigenvalue weighted by atomic mass is 35.5. The first-order chi connectivity index (χ1) is 6.18. The number of rotatable bonds is 4. The number of thioether (sulfide) groups is 1. The normalized spacial score (nSPS) is 10.0. The molecule has 0 atom stereocenters. The van der Waals surface area contributed by atoms with Gasteiger partial charge in [0.25, 0.3) is 0 Å². The van der Waals surface area contributed by atoms with Crippen molar-refractivity contribution in [2.75, 3.05) is 5.75 Å². The van der Waals surface area contributed by atoms with Gasteiger partial charge in [-0.1, -0.05) is 17.7 Å². The summed E-state index contributed by atoms with van der Waals surface area (Å²) in [6, 6.07) is 7.52. The van der Waals surface area contributed by atoms with E-state index in [-0.39, 0.29) is 5.24 Å². The summed E-state index contributed by atoms with van der Waals surface area (Å²) in [6.45, 7) is 0. The number of carbonyl (C=O) groups excluding carboxylic acids is 1. The molecule has 0 unspecified atom stereocenters. The van der Waals surface area contributed by atoms with E-state index < -0.39 is 0 Å². The van der Waals surface area contributed by atoms with Crippen molar-refractivity contribution in [1.29, 1.82) is 0 Å². The fourth-order valence-corrected chi connectivity index (χ4v) is 2.18. The van der Waals surface area contributed by atoms with Gasteiger partial charge in [0.1, 0.15) is 0 Å². The average Bonchev–Trinajstić information content (AvgIpc) is 2.03. The number of hydrogen-bond donors (Lipinski definition) is 0. The molecule has 4 heteroatoms. The Balaban J connectivity index is 2.41. The smallest absolute Gasteiger partial charge is 0.222 e. The molecule has 0 aromatic heterocycles. The van der Waals surface area contributed by atoms with Crippen LogP contribution in [0.1, 0.15) is 6.42 Å². The van der Waals surface area contributed by atoms with Crippen molar-refractivity contribution in [1.82, 2.24) is 0 Å². The zero-order valence-electron chi connectivity index (χ0n) is 6.80. The van der Waals surface area contributed by atoms with Crippen molar-refractivity contribution in [2.45, 2.75) is 11.3 Å². The lowest BCUT2D eigenvalue weighted by atomic mass is 10.4. The standard InChI is InChI=1S/C9H8Cl2OS/c10-7-2-1-3-8(6-7)13-5-4-9(11)12/h1-3,6H,4-5H2. The van der Waals surface area contributed by atoms with E-state index in [0.29, 0.717) is 17.2 Å². The molecular weight excluding hydrogens is 227 g/mol. The largest absolute Gasteiger partial charge is 0.281 e. The maximum atomic E-state index is 10.4. The van der Waals surface area contributed by atoms with Crippen LogP contribution in [-0.2, 0) is 4.79 Å². The van der Waals surface area contributed by atoms with Crippen LogP contribution < -0.4 is 0 Å². The number of benzene rings is 1. The van der Waals surface area contributed by atoms with Crippen LogP contribution in [0.3, 0.4) is 0 Å². The van der Waals surface area contributed by atoms with Gasteiger partial charge >= 0.3 is 0 Å². The minimum Gasteiger partial charge on any atom is -0.281 e. The summed E-state index contributed by atoms with van der Waals surface area (Å²) < 4.78 is 0. The van der Waals surface area contributed by atoms with E-state index in [1.54, 1.807) is 11.8 Å². The van der Waals surface area contributed by atoms with Crippen LogP contribution in [0.5, 0.6) is 0 Å². The lowest BCUT2D eigenvalue weighted by Crippen LogP contribution is -1.88. The first kappa shape index (κ1) is 10.9. The Hall–Kier alpha value is -0.180. The van der Waals surface area contributed by atoms with Crippen molar-refractivity contribution in [3.05, 3.63) is 29.3 Å². The Bertz CT molecular complexity index is 301. The first-order valence-electron chi connectivity index (χ1n) is 3.75. The minimum atomic E-state index is -0.297. The third-order valence-electron chi connectivity index (χ3n) is 1.36. The van der Waals surface area contributed by atoms with Gasteiger partial charge in [-0.2, -0.15) is 0 Å². The van der Waals surface area contributed by atoms with E-state index in [1.807, 2.05) is 24.3 Å². The molecule has 1 nitrogen and oxygen atoms in total. The summed E-state index contributed by atoms with van der Waals surface area (Å²) in [5.74, 6) is 0.697. The Morgan fingerprint density at radius 2 is 2.23 bits per heavy atom. The van der Waals surface area contributed by atoms with Crippen LogP contribution in [0, 0.1) is 0 Å². The van der Waals surface area contributed by atoms with Crippen molar-refractivity contribution < 1.29 is 4.79 Å². The van der Waals surface area contributed by atoms with Crippen molar-refractivity contribution in [2.24, 2.45) is 0 Å². The summed E-state index contributed by atoms with van der Waals surface area (Å²) >= 11 is 12.6. The molecule has 0 radical (unpaired) electrons. The molecule has 13 heavy (non-hydrogen) atoms. The van der Waals surface area contributed by atoms with Gasteiger partial charge in [0.2, 0.25) is 5.24 Å². The number of hydrogen-bond acceptors (Lipinski definition) is 2. The third-order valence-corrected chi connectivity index (χ3v) is 2.78. The van der Waals surface area contributed by atoms with Gasteiger partial charge in [-0.05, 0) is 29.8 Å². The van der Waals surface area contributed by atoms with Gasteiger partial charge < -0.3 is 0 Å². The molecule has 1 aromatic rings. The van der Waals surface area contributed by atoms with Crippen molar-refractivity contribution in [3.8, 4) is 0 Å². The third kappa shape index (κ3) is 4.55. The molecule has 0 aliphatic heterocycles. The first-order valence-corrected chi connectivity index (χ1v) is 5.49. The van der Waals surface area contributed by atoms with Gasteiger partial charge in [-0.15, -0.1) is 11.8 Å². The monoisotopic (exact) mass is 234 g/mol. The lowest BCUT2D eigenvalue weighted by molar-refractivity contribution is -0.111. The molecule has 70 valence electrons. The van der Waals surface area contributed by atoms with Crippen LogP contribution in [-0.4, -0.2) is 11.0 Å². The molecule has 0 saturated heterocycles. The van der Waals surface area contributed by atoms with Crippen LogP contribution >= 0.6 is 35.0 Å². The summed E-state index contributed by atoms with van der Waals surface area (Å²) in [4.78, 5) is 11.5. The Labute approximate surface area is 91.4 Å². The molecule has 0 aliphatic rings. The molecule has 0 N–H and O–H groups in total. The minimum absolute atomic E-state index is 0.297. The van der Waals surface area contributed by atoms with E-state index in [1.165, 1.54) is 0 Å². The Morgan fingerprint density at radius 3 is 2.85 bits per heavy atom. The summed E-state index contributed by atoms with van der Waals surface area (Å²) in [7, 11) is 0. The lowest BCUT2D eigenvalue weighted by Gasteiger charge is -1.99. The van der Waals surface area contributed by atoms with Gasteiger partial charge in [0, 0.05) is 22.1 Å². The van der Waals surface area contributed by atoms with E-state index in [4.69, 9.17) is 23.2 Å². The maximum Gasteiger partial charge on any atom is 0.222 e. The molecule has 0 aliphatic carbocycles. The maximum absolute atomic E-state index is 10.4. The van der Waals surface area contributed by atoms with Crippen LogP contribution in [0.2, 0.25) is 5.02 Å². The zero-order chi connectivity index (χ0) is 9.68. The fourth-order valence-electron chi connectivity index (χ4n) is 0.806. The molecule has 0 amide bonds. The van der Waals surface area contributed by atoms with Gasteiger partial charge in [-0.3, -0.25) is 4.79 Å². The van der Waals surface area contributed by atoms with Crippen molar-refractivity contribution >= 4 is 40.2 Å². The SMILES string of the molecule is O=C(Cl)CCSc1cccc(Cl)c1. The molecule has 0 heterocycles. The Kier molecular flexibility index (Phi) is 4.64. The second-order valence-electron chi connectivity index (χ2n) is 2.41. The van der Waals surface area contributed by atoms with E-state index in [9.17, 15) is 4.79 Å². The fraction of sp³-hybridized carbons (Fsp3) is 0.222. The predicted molar refractivity (Wildman–Crippen MR) is 57.7 cm³/mol. The quantitative estimate of drug-likeness (QED) is 0.586. The topological polar surface area (TPSA) is 17.1 Å². The summed E-state index contributed by atoms with van der Waals surface area (Å²) in [5.41, 5.74) is 0. The van der Waals surface area contributed by atoms with Gasteiger partial charge in [0.15, 0.2) is 0 Å². The molecule has 1 aromatic carbocycles. The molecule has 0 bridgehead atoms. The predicted octanol–water partition coefficient (Wildman–Crippen LogP) is 3.59. The van der Waals surface area contributed by atoms with Gasteiger partial charge in [-0.25, -0.2) is 0 Å². The van der Waals surface area contributed by atoms with Gasteiger partial charge in [0.05, 0.1) is 0 Å². The number of carbonyl (C=O) groups is 1. The van der Waals surface area contributed by atoms with Crippen LogP contribution in [0.15, 0.2) is 29.2 Å². The van der Waals surface area contributed by atoms with E-state index >= 15 is 0 Å². The second-order valence-corrected chi connectivity index (χ2v) is 4.44. The Morgan fingerprint density at radius 1 is 1.46 bits per heavy atom. The summed E-state index contributed by atoms with van der Waals surface area (Å²) in [5, 5.41) is 0.414. The zero-order valence-corrected chi connectivity index (χ0v) is 9.12. The van der Waals surface area contributed by atoms with Crippen LogP contribution in [0.4, 0.5) is 0 Å².